The zero-order chi connectivity index (χ0) is 19.7. The number of hydrogen-bond donors (Lipinski definition) is 1. The number of benzene rings is 2. The Morgan fingerprint density at radius 1 is 1.07 bits per heavy atom. The van der Waals surface area contributed by atoms with Crippen LogP contribution in [-0.4, -0.2) is 26.7 Å². The summed E-state index contributed by atoms with van der Waals surface area (Å²) in [5.41, 5.74) is 1.09. The highest BCUT2D eigenvalue weighted by Crippen LogP contribution is 2.39. The van der Waals surface area contributed by atoms with Gasteiger partial charge in [-0.15, -0.1) is 0 Å². The van der Waals surface area contributed by atoms with Gasteiger partial charge in [0.05, 0.1) is 22.7 Å². The Morgan fingerprint density at radius 2 is 1.78 bits per heavy atom. The molecule has 2 aromatic carbocycles. The van der Waals surface area contributed by atoms with Crippen LogP contribution in [0.25, 0.3) is 0 Å². The van der Waals surface area contributed by atoms with E-state index in [0.717, 1.165) is 23.4 Å². The first-order valence-corrected chi connectivity index (χ1v) is 10.4. The van der Waals surface area contributed by atoms with E-state index in [1.54, 1.807) is 6.07 Å². The molecule has 1 aliphatic rings. The van der Waals surface area contributed by atoms with Crippen LogP contribution in [0.5, 0.6) is 5.75 Å². The number of carbonyl (C=O) groups is 1. The highest BCUT2D eigenvalue weighted by atomic mass is 32.2. The molecule has 0 atom stereocenters. The summed E-state index contributed by atoms with van der Waals surface area (Å²) in [6.07, 6.45) is 1.01. The van der Waals surface area contributed by atoms with Crippen LogP contribution in [0.4, 0.5) is 10.1 Å². The van der Waals surface area contributed by atoms with Crippen molar-refractivity contribution in [2.24, 2.45) is 0 Å². The monoisotopic (exact) mass is 391 g/mol. The molecule has 0 bridgehead atoms. The van der Waals surface area contributed by atoms with Gasteiger partial charge in [-0.2, -0.15) is 0 Å². The van der Waals surface area contributed by atoms with Crippen LogP contribution in [-0.2, 0) is 20.0 Å². The third kappa shape index (κ3) is 4.13. The molecule has 1 amide bonds. The van der Waals surface area contributed by atoms with E-state index in [1.165, 1.54) is 12.1 Å². The molecule has 2 aromatic rings. The van der Waals surface area contributed by atoms with E-state index in [1.807, 2.05) is 26.0 Å². The van der Waals surface area contributed by atoms with Crippen molar-refractivity contribution in [3.63, 3.8) is 0 Å². The number of nitrogens with one attached hydrogen (secondary N) is 1. The zero-order valence-corrected chi connectivity index (χ0v) is 16.1. The highest BCUT2D eigenvalue weighted by molar-refractivity contribution is 7.91. The number of ether oxygens (including phenoxy) is 1. The number of rotatable bonds is 7. The third-order valence-corrected chi connectivity index (χ3v) is 6.55. The Bertz CT molecular complexity index is 952. The largest absolute Gasteiger partial charge is 0.494 e. The predicted octanol–water partition coefficient (Wildman–Crippen LogP) is 3.69. The molecule has 1 heterocycles. The van der Waals surface area contributed by atoms with Gasteiger partial charge in [-0.25, -0.2) is 12.8 Å². The summed E-state index contributed by atoms with van der Waals surface area (Å²) in [5.74, 6) is 0.134. The number of amides is 1. The Hall–Kier alpha value is -2.41. The van der Waals surface area contributed by atoms with Crippen molar-refractivity contribution < 1.29 is 22.3 Å². The van der Waals surface area contributed by atoms with E-state index in [0.29, 0.717) is 25.2 Å². The molecule has 27 heavy (non-hydrogen) atoms. The minimum Gasteiger partial charge on any atom is -0.494 e. The molecule has 1 N–H and O–H groups in total. The van der Waals surface area contributed by atoms with Gasteiger partial charge >= 0.3 is 0 Å². The molecule has 0 radical (unpaired) electrons. The van der Waals surface area contributed by atoms with Gasteiger partial charge in [0.15, 0.2) is 9.84 Å². The average Bonchev–Trinajstić information content (AvgIpc) is 2.84. The molecule has 0 unspecified atom stereocenters. The van der Waals surface area contributed by atoms with E-state index >= 15 is 0 Å². The quantitative estimate of drug-likeness (QED) is 0.577. The lowest BCUT2D eigenvalue weighted by Crippen LogP contribution is -2.26. The fourth-order valence-corrected chi connectivity index (χ4v) is 4.35. The van der Waals surface area contributed by atoms with Crippen LogP contribution in [0.3, 0.4) is 0 Å². The molecule has 0 aromatic heterocycles. The number of sulfone groups is 1. The third-order valence-electron chi connectivity index (χ3n) is 4.73. The number of fused-ring (bicyclic) bond motifs is 1. The van der Waals surface area contributed by atoms with Crippen molar-refractivity contribution in [2.45, 2.75) is 37.0 Å². The number of unbranched alkanes of at least 4 members (excludes halogenated alkanes) is 1. The zero-order valence-electron chi connectivity index (χ0n) is 15.3. The summed E-state index contributed by atoms with van der Waals surface area (Å²) in [4.78, 5) is 12.1. The Kier molecular flexibility index (Phi) is 5.24. The van der Waals surface area contributed by atoms with Crippen LogP contribution >= 0.6 is 0 Å². The van der Waals surface area contributed by atoms with Crippen molar-refractivity contribution in [1.82, 2.24) is 0 Å². The lowest BCUT2D eigenvalue weighted by Gasteiger charge is -2.16. The summed E-state index contributed by atoms with van der Waals surface area (Å²) in [6.45, 7) is 4.09. The summed E-state index contributed by atoms with van der Waals surface area (Å²) in [6, 6.07) is 10.3. The first-order chi connectivity index (χ1) is 12.7. The molecule has 144 valence electrons. The Balaban J connectivity index is 1.51. The summed E-state index contributed by atoms with van der Waals surface area (Å²) >= 11 is 0. The van der Waals surface area contributed by atoms with Gasteiger partial charge in [0.25, 0.3) is 0 Å². The predicted molar refractivity (Wildman–Crippen MR) is 101 cm³/mol. The lowest BCUT2D eigenvalue weighted by molar-refractivity contribution is -0.119. The van der Waals surface area contributed by atoms with Crippen molar-refractivity contribution in [2.75, 3.05) is 17.7 Å². The Morgan fingerprint density at radius 3 is 2.48 bits per heavy atom. The van der Waals surface area contributed by atoms with Gasteiger partial charge in [-0.1, -0.05) is 0 Å². The average molecular weight is 391 g/mol. The molecule has 0 spiro atoms. The van der Waals surface area contributed by atoms with E-state index in [4.69, 9.17) is 4.74 Å². The van der Waals surface area contributed by atoms with Crippen molar-refractivity contribution in [3.8, 4) is 5.75 Å². The number of halogens is 1. The molecule has 0 aliphatic carbocycles. The second-order valence-corrected chi connectivity index (χ2v) is 9.22. The van der Waals surface area contributed by atoms with E-state index in [9.17, 15) is 17.6 Å². The maximum absolute atomic E-state index is 12.9. The van der Waals surface area contributed by atoms with Crippen LogP contribution in [0.15, 0.2) is 47.4 Å². The molecule has 7 heteroatoms. The molecule has 0 saturated heterocycles. The smallest absolute Gasteiger partial charge is 0.234 e. The minimum atomic E-state index is -3.42. The second-order valence-electron chi connectivity index (χ2n) is 7.11. The summed E-state index contributed by atoms with van der Waals surface area (Å²) in [5, 5.41) is 2.84. The van der Waals surface area contributed by atoms with Crippen molar-refractivity contribution >= 4 is 21.4 Å². The molecule has 1 aliphatic heterocycles. The SMILES string of the molecule is CC1(C)C(=O)Nc2ccc(OCCCCS(=O)(=O)c3ccc(F)cc3)cc21. The number of hydrogen-bond acceptors (Lipinski definition) is 4. The van der Waals surface area contributed by atoms with E-state index < -0.39 is 21.1 Å². The first kappa shape index (κ1) is 19.4. The molecular formula is C20H22FNO4S. The van der Waals surface area contributed by atoms with Crippen LogP contribution in [0.2, 0.25) is 0 Å². The minimum absolute atomic E-state index is 0.0162. The highest BCUT2D eigenvalue weighted by Gasteiger charge is 2.38. The molecular weight excluding hydrogens is 369 g/mol. The first-order valence-electron chi connectivity index (χ1n) is 8.77. The normalized spacial score (nSPS) is 15.3. The topological polar surface area (TPSA) is 72.5 Å². The fourth-order valence-electron chi connectivity index (χ4n) is 2.98. The Labute approximate surface area is 158 Å². The maximum Gasteiger partial charge on any atom is 0.234 e. The number of anilines is 1. The van der Waals surface area contributed by atoms with E-state index in [-0.39, 0.29) is 16.6 Å². The molecule has 3 rings (SSSR count). The standard InChI is InChI=1S/C20H22FNO4S/c1-20(2)17-13-15(7-10-18(17)22-19(20)23)26-11-3-4-12-27(24,25)16-8-5-14(21)6-9-16/h5-10,13H,3-4,11-12H2,1-2H3,(H,22,23). The van der Waals surface area contributed by atoms with Gasteiger partial charge in [0.2, 0.25) is 5.91 Å². The molecule has 5 nitrogen and oxygen atoms in total. The van der Waals surface area contributed by atoms with Crippen molar-refractivity contribution in [3.05, 3.63) is 53.8 Å². The van der Waals surface area contributed by atoms with E-state index in [2.05, 4.69) is 5.32 Å². The van der Waals surface area contributed by atoms with Gasteiger partial charge in [-0.3, -0.25) is 4.79 Å². The van der Waals surface area contributed by atoms with Crippen LogP contribution in [0.1, 0.15) is 32.3 Å². The summed E-state index contributed by atoms with van der Waals surface area (Å²) in [7, 11) is -3.42. The second kappa shape index (κ2) is 7.31. The molecule has 0 fully saturated rings. The van der Waals surface area contributed by atoms with Crippen LogP contribution < -0.4 is 10.1 Å². The maximum atomic E-state index is 12.9. The fraction of sp³-hybridized carbons (Fsp3) is 0.350. The molecule has 0 saturated carbocycles. The summed E-state index contributed by atoms with van der Waals surface area (Å²) < 4.78 is 43.0. The van der Waals surface area contributed by atoms with Crippen molar-refractivity contribution in [1.29, 1.82) is 0 Å². The lowest BCUT2D eigenvalue weighted by atomic mass is 9.86. The van der Waals surface area contributed by atoms with Gasteiger partial charge in [-0.05, 0) is 74.7 Å². The van der Waals surface area contributed by atoms with Crippen LogP contribution in [0, 0.1) is 5.82 Å². The van der Waals surface area contributed by atoms with Gasteiger partial charge in [0, 0.05) is 5.69 Å². The van der Waals surface area contributed by atoms with Gasteiger partial charge < -0.3 is 10.1 Å². The van der Waals surface area contributed by atoms with Gasteiger partial charge in [0.1, 0.15) is 11.6 Å². The number of carbonyl (C=O) groups excluding carboxylic acids is 1.